The van der Waals surface area contributed by atoms with Gasteiger partial charge in [0.2, 0.25) is 0 Å². The standard InChI is InChI=1S/C14H24N2O3/c1-4-10-16(11-5-2)14(19)15-9-8-12(3)6-7-13(17)18/h1,12H,5-11H2,2-3H3,(H,15,19)(H,17,18). The van der Waals surface area contributed by atoms with Crippen molar-refractivity contribution in [1.29, 1.82) is 0 Å². The summed E-state index contributed by atoms with van der Waals surface area (Å²) in [6.45, 7) is 5.48. The molecule has 1 atom stereocenters. The van der Waals surface area contributed by atoms with Crippen LogP contribution in [-0.2, 0) is 4.79 Å². The van der Waals surface area contributed by atoms with Gasteiger partial charge in [-0.05, 0) is 25.2 Å². The maximum atomic E-state index is 11.8. The monoisotopic (exact) mass is 268 g/mol. The Hall–Kier alpha value is -1.70. The molecule has 1 unspecified atom stereocenters. The number of amides is 2. The number of hydrogen-bond acceptors (Lipinski definition) is 2. The Morgan fingerprint density at radius 1 is 1.42 bits per heavy atom. The summed E-state index contributed by atoms with van der Waals surface area (Å²) < 4.78 is 0. The summed E-state index contributed by atoms with van der Waals surface area (Å²) in [4.78, 5) is 23.8. The molecule has 2 amide bonds. The number of nitrogens with one attached hydrogen (secondary N) is 1. The summed E-state index contributed by atoms with van der Waals surface area (Å²) in [7, 11) is 0. The van der Waals surface area contributed by atoms with Crippen molar-refractivity contribution in [2.45, 2.75) is 39.5 Å². The van der Waals surface area contributed by atoms with E-state index in [9.17, 15) is 9.59 Å². The highest BCUT2D eigenvalue weighted by Crippen LogP contribution is 2.09. The summed E-state index contributed by atoms with van der Waals surface area (Å²) >= 11 is 0. The zero-order valence-electron chi connectivity index (χ0n) is 11.8. The van der Waals surface area contributed by atoms with Crippen LogP contribution in [0.2, 0.25) is 0 Å². The molecule has 5 heteroatoms. The fourth-order valence-corrected chi connectivity index (χ4v) is 1.68. The van der Waals surface area contributed by atoms with Crippen LogP contribution in [0.25, 0.3) is 0 Å². The van der Waals surface area contributed by atoms with E-state index in [0.717, 1.165) is 12.8 Å². The Labute approximate surface area is 115 Å². The van der Waals surface area contributed by atoms with Gasteiger partial charge >= 0.3 is 12.0 Å². The van der Waals surface area contributed by atoms with Gasteiger partial charge < -0.3 is 15.3 Å². The van der Waals surface area contributed by atoms with Crippen LogP contribution >= 0.6 is 0 Å². The topological polar surface area (TPSA) is 69.6 Å². The highest BCUT2D eigenvalue weighted by atomic mass is 16.4. The van der Waals surface area contributed by atoms with Crippen molar-refractivity contribution in [2.24, 2.45) is 5.92 Å². The van der Waals surface area contributed by atoms with E-state index in [4.69, 9.17) is 11.5 Å². The van der Waals surface area contributed by atoms with Crippen LogP contribution in [0.15, 0.2) is 0 Å². The molecule has 19 heavy (non-hydrogen) atoms. The van der Waals surface area contributed by atoms with Gasteiger partial charge in [0, 0.05) is 19.5 Å². The van der Waals surface area contributed by atoms with Crippen LogP contribution in [0.3, 0.4) is 0 Å². The number of nitrogens with zero attached hydrogens (tertiary/aromatic N) is 1. The fourth-order valence-electron chi connectivity index (χ4n) is 1.68. The second kappa shape index (κ2) is 10.2. The van der Waals surface area contributed by atoms with Crippen LogP contribution < -0.4 is 5.32 Å². The summed E-state index contributed by atoms with van der Waals surface area (Å²) in [5.74, 6) is 1.97. The van der Waals surface area contributed by atoms with Gasteiger partial charge in [-0.15, -0.1) is 6.42 Å². The van der Waals surface area contributed by atoms with E-state index in [-0.39, 0.29) is 18.4 Å². The zero-order valence-corrected chi connectivity index (χ0v) is 11.8. The molecule has 108 valence electrons. The first-order chi connectivity index (χ1) is 9.01. The number of hydrogen-bond donors (Lipinski definition) is 2. The van der Waals surface area contributed by atoms with E-state index in [0.29, 0.717) is 26.1 Å². The summed E-state index contributed by atoms with van der Waals surface area (Å²) in [5, 5.41) is 11.4. The van der Waals surface area contributed by atoms with Gasteiger partial charge in [-0.1, -0.05) is 19.8 Å². The smallest absolute Gasteiger partial charge is 0.318 e. The summed E-state index contributed by atoms with van der Waals surface area (Å²) in [5.41, 5.74) is 0. The summed E-state index contributed by atoms with van der Waals surface area (Å²) in [6.07, 6.45) is 7.66. The third kappa shape index (κ3) is 8.95. The van der Waals surface area contributed by atoms with Crippen LogP contribution in [0, 0.1) is 18.3 Å². The molecule has 0 aliphatic rings. The van der Waals surface area contributed by atoms with E-state index >= 15 is 0 Å². The first-order valence-corrected chi connectivity index (χ1v) is 6.69. The van der Waals surface area contributed by atoms with Gasteiger partial charge in [-0.3, -0.25) is 4.79 Å². The second-order valence-corrected chi connectivity index (χ2v) is 4.68. The molecule has 0 fully saturated rings. The molecule has 0 aromatic rings. The Bertz CT molecular complexity index is 323. The first kappa shape index (κ1) is 17.3. The minimum atomic E-state index is -0.779. The average molecular weight is 268 g/mol. The lowest BCUT2D eigenvalue weighted by Crippen LogP contribution is -2.41. The minimum absolute atomic E-state index is 0.148. The SMILES string of the molecule is C#CCN(CCC)C(=O)NCCC(C)CCC(=O)O. The van der Waals surface area contributed by atoms with Gasteiger partial charge in [0.15, 0.2) is 0 Å². The highest BCUT2D eigenvalue weighted by molar-refractivity contribution is 5.74. The van der Waals surface area contributed by atoms with Gasteiger partial charge in [0.25, 0.3) is 0 Å². The van der Waals surface area contributed by atoms with E-state index in [1.807, 2.05) is 13.8 Å². The number of carbonyl (C=O) groups excluding carboxylic acids is 1. The van der Waals surface area contributed by atoms with Crippen LogP contribution in [0.5, 0.6) is 0 Å². The molecule has 0 aliphatic carbocycles. The van der Waals surface area contributed by atoms with Crippen molar-refractivity contribution in [2.75, 3.05) is 19.6 Å². The maximum Gasteiger partial charge on any atom is 0.318 e. The molecular formula is C14H24N2O3. The molecular weight excluding hydrogens is 244 g/mol. The number of carbonyl (C=O) groups is 2. The normalized spacial score (nSPS) is 11.4. The molecule has 0 aromatic heterocycles. The third-order valence-corrected chi connectivity index (χ3v) is 2.83. The van der Waals surface area contributed by atoms with Crippen molar-refractivity contribution in [3.8, 4) is 12.3 Å². The number of aliphatic carboxylic acids is 1. The molecule has 0 aromatic carbocycles. The van der Waals surface area contributed by atoms with Crippen molar-refractivity contribution in [3.05, 3.63) is 0 Å². The third-order valence-electron chi connectivity index (χ3n) is 2.83. The number of rotatable bonds is 9. The Kier molecular flexibility index (Phi) is 9.33. The van der Waals surface area contributed by atoms with Gasteiger partial charge in [0.1, 0.15) is 0 Å². The van der Waals surface area contributed by atoms with Crippen molar-refractivity contribution in [3.63, 3.8) is 0 Å². The van der Waals surface area contributed by atoms with Crippen molar-refractivity contribution < 1.29 is 14.7 Å². The lowest BCUT2D eigenvalue weighted by molar-refractivity contribution is -0.137. The van der Waals surface area contributed by atoms with Gasteiger partial charge in [-0.25, -0.2) is 4.79 Å². The fraction of sp³-hybridized carbons (Fsp3) is 0.714. The van der Waals surface area contributed by atoms with Crippen molar-refractivity contribution >= 4 is 12.0 Å². The molecule has 2 N–H and O–H groups in total. The average Bonchev–Trinajstić information content (AvgIpc) is 2.36. The molecule has 0 saturated heterocycles. The Morgan fingerprint density at radius 2 is 2.11 bits per heavy atom. The van der Waals surface area contributed by atoms with E-state index < -0.39 is 5.97 Å². The van der Waals surface area contributed by atoms with Crippen LogP contribution in [0.1, 0.15) is 39.5 Å². The molecule has 0 radical (unpaired) electrons. The lowest BCUT2D eigenvalue weighted by atomic mass is 10.0. The predicted molar refractivity (Wildman–Crippen MR) is 74.7 cm³/mol. The summed E-state index contributed by atoms with van der Waals surface area (Å²) in [6, 6.07) is -0.148. The van der Waals surface area contributed by atoms with Gasteiger partial charge in [-0.2, -0.15) is 0 Å². The molecule has 0 saturated carbocycles. The van der Waals surface area contributed by atoms with E-state index in [1.165, 1.54) is 0 Å². The highest BCUT2D eigenvalue weighted by Gasteiger charge is 2.11. The number of carboxylic acids is 1. The Morgan fingerprint density at radius 3 is 2.63 bits per heavy atom. The van der Waals surface area contributed by atoms with Crippen LogP contribution in [0.4, 0.5) is 4.79 Å². The lowest BCUT2D eigenvalue weighted by Gasteiger charge is -2.20. The largest absolute Gasteiger partial charge is 0.481 e. The molecule has 0 rings (SSSR count). The Balaban J connectivity index is 3.88. The maximum absolute atomic E-state index is 11.8. The minimum Gasteiger partial charge on any atom is -0.481 e. The van der Waals surface area contributed by atoms with E-state index in [2.05, 4.69) is 11.2 Å². The van der Waals surface area contributed by atoms with Gasteiger partial charge in [0.05, 0.1) is 6.54 Å². The molecule has 0 spiro atoms. The number of carboxylic acid groups (broad SMARTS) is 1. The number of urea groups is 1. The molecule has 5 nitrogen and oxygen atoms in total. The zero-order chi connectivity index (χ0) is 14.7. The quantitative estimate of drug-likeness (QED) is 0.628. The second-order valence-electron chi connectivity index (χ2n) is 4.68. The van der Waals surface area contributed by atoms with E-state index in [1.54, 1.807) is 4.90 Å². The van der Waals surface area contributed by atoms with Crippen molar-refractivity contribution in [1.82, 2.24) is 10.2 Å². The van der Waals surface area contributed by atoms with Crippen LogP contribution in [-0.4, -0.2) is 41.6 Å². The molecule has 0 heterocycles. The molecule has 0 bridgehead atoms. The molecule has 0 aliphatic heterocycles. The predicted octanol–water partition coefficient (Wildman–Crippen LogP) is 1.93. The first-order valence-electron chi connectivity index (χ1n) is 6.69. The number of terminal acetylenes is 1.